The Kier molecular flexibility index (Phi) is 4.36. The minimum atomic E-state index is 0.159. The Hall–Kier alpha value is -1.02. The van der Waals surface area contributed by atoms with Crippen LogP contribution in [-0.2, 0) is 6.42 Å². The van der Waals surface area contributed by atoms with Crippen LogP contribution in [0.1, 0.15) is 26.3 Å². The highest BCUT2D eigenvalue weighted by molar-refractivity contribution is 5.29. The van der Waals surface area contributed by atoms with Crippen molar-refractivity contribution in [3.63, 3.8) is 0 Å². The maximum atomic E-state index is 5.90. The average Bonchev–Trinajstić information content (AvgIpc) is 2.29. The first-order valence-corrected chi connectivity index (χ1v) is 5.85. The smallest absolute Gasteiger partial charge is 0.119 e. The molecule has 1 rings (SSSR count). The number of rotatable bonds is 5. The van der Waals surface area contributed by atoms with Crippen molar-refractivity contribution in [2.24, 2.45) is 17.1 Å². The van der Waals surface area contributed by atoms with Gasteiger partial charge in [0.15, 0.2) is 0 Å². The standard InChI is InChI=1S/C14H23NO/c1-11(2)14(3,10-15)9-12-6-5-7-13(8-12)16-4/h5-8,11H,9-10,15H2,1-4H3. The summed E-state index contributed by atoms with van der Waals surface area (Å²) in [5, 5.41) is 0. The lowest BCUT2D eigenvalue weighted by molar-refractivity contribution is 0.227. The fourth-order valence-electron chi connectivity index (χ4n) is 1.76. The second kappa shape index (κ2) is 5.35. The molecular weight excluding hydrogens is 198 g/mol. The maximum Gasteiger partial charge on any atom is 0.119 e. The van der Waals surface area contributed by atoms with Crippen LogP contribution < -0.4 is 10.5 Å². The Balaban J connectivity index is 2.85. The van der Waals surface area contributed by atoms with Crippen LogP contribution in [0.4, 0.5) is 0 Å². The minimum Gasteiger partial charge on any atom is -0.497 e. The highest BCUT2D eigenvalue weighted by Crippen LogP contribution is 2.30. The Bertz CT molecular complexity index is 335. The van der Waals surface area contributed by atoms with E-state index >= 15 is 0 Å². The fourth-order valence-corrected chi connectivity index (χ4v) is 1.76. The lowest BCUT2D eigenvalue weighted by Gasteiger charge is -2.32. The molecule has 0 aliphatic heterocycles. The molecule has 0 bridgehead atoms. The van der Waals surface area contributed by atoms with E-state index in [9.17, 15) is 0 Å². The van der Waals surface area contributed by atoms with Crippen LogP contribution in [0.15, 0.2) is 24.3 Å². The van der Waals surface area contributed by atoms with Gasteiger partial charge in [0, 0.05) is 0 Å². The summed E-state index contributed by atoms with van der Waals surface area (Å²) in [6.45, 7) is 7.42. The highest BCUT2D eigenvalue weighted by Gasteiger charge is 2.26. The summed E-state index contributed by atoms with van der Waals surface area (Å²) in [6.07, 6.45) is 0.998. The molecule has 0 aromatic heterocycles. The molecule has 16 heavy (non-hydrogen) atoms. The van der Waals surface area contributed by atoms with Crippen molar-refractivity contribution in [1.82, 2.24) is 0 Å². The molecule has 0 fully saturated rings. The summed E-state index contributed by atoms with van der Waals surface area (Å²) in [5.74, 6) is 1.49. The van der Waals surface area contributed by atoms with Crippen LogP contribution in [0.5, 0.6) is 5.75 Å². The zero-order valence-corrected chi connectivity index (χ0v) is 10.8. The van der Waals surface area contributed by atoms with Crippen LogP contribution in [0.25, 0.3) is 0 Å². The molecule has 2 N–H and O–H groups in total. The van der Waals surface area contributed by atoms with Crippen LogP contribution in [-0.4, -0.2) is 13.7 Å². The summed E-state index contributed by atoms with van der Waals surface area (Å²) in [5.41, 5.74) is 7.35. The molecule has 0 radical (unpaired) electrons. The normalized spacial score (nSPS) is 14.9. The third-order valence-electron chi connectivity index (χ3n) is 3.60. The van der Waals surface area contributed by atoms with E-state index in [2.05, 4.69) is 32.9 Å². The van der Waals surface area contributed by atoms with Gasteiger partial charge in [-0.15, -0.1) is 0 Å². The van der Waals surface area contributed by atoms with E-state index in [1.165, 1.54) is 5.56 Å². The molecule has 1 aromatic rings. The monoisotopic (exact) mass is 221 g/mol. The second-order valence-electron chi connectivity index (χ2n) is 5.04. The van der Waals surface area contributed by atoms with E-state index in [4.69, 9.17) is 10.5 Å². The van der Waals surface area contributed by atoms with E-state index in [1.807, 2.05) is 12.1 Å². The average molecular weight is 221 g/mol. The summed E-state index contributed by atoms with van der Waals surface area (Å²) in [7, 11) is 1.70. The van der Waals surface area contributed by atoms with Gasteiger partial charge in [0.1, 0.15) is 5.75 Å². The van der Waals surface area contributed by atoms with E-state index in [1.54, 1.807) is 7.11 Å². The maximum absolute atomic E-state index is 5.90. The number of ether oxygens (including phenoxy) is 1. The molecule has 1 aromatic carbocycles. The van der Waals surface area contributed by atoms with Gasteiger partial charge in [-0.2, -0.15) is 0 Å². The minimum absolute atomic E-state index is 0.159. The van der Waals surface area contributed by atoms with Crippen molar-refractivity contribution in [2.75, 3.05) is 13.7 Å². The van der Waals surface area contributed by atoms with E-state index in [0.717, 1.165) is 12.2 Å². The Labute approximate surface area is 98.8 Å². The number of nitrogens with two attached hydrogens (primary N) is 1. The number of benzene rings is 1. The van der Waals surface area contributed by atoms with Gasteiger partial charge in [-0.3, -0.25) is 0 Å². The van der Waals surface area contributed by atoms with Crippen molar-refractivity contribution in [3.8, 4) is 5.75 Å². The third kappa shape index (κ3) is 2.99. The van der Waals surface area contributed by atoms with Crippen molar-refractivity contribution < 1.29 is 4.74 Å². The number of hydrogen-bond donors (Lipinski definition) is 1. The topological polar surface area (TPSA) is 35.2 Å². The zero-order chi connectivity index (χ0) is 12.2. The van der Waals surface area contributed by atoms with Crippen molar-refractivity contribution >= 4 is 0 Å². The van der Waals surface area contributed by atoms with Crippen LogP contribution in [0, 0.1) is 11.3 Å². The van der Waals surface area contributed by atoms with Crippen molar-refractivity contribution in [3.05, 3.63) is 29.8 Å². The van der Waals surface area contributed by atoms with Crippen LogP contribution in [0.3, 0.4) is 0 Å². The molecule has 0 aliphatic carbocycles. The predicted octanol–water partition coefficient (Wildman–Crippen LogP) is 2.86. The van der Waals surface area contributed by atoms with Crippen molar-refractivity contribution in [1.29, 1.82) is 0 Å². The first-order chi connectivity index (χ1) is 7.51. The largest absolute Gasteiger partial charge is 0.497 e. The van der Waals surface area contributed by atoms with Gasteiger partial charge in [-0.1, -0.05) is 32.9 Å². The van der Waals surface area contributed by atoms with Gasteiger partial charge in [-0.25, -0.2) is 0 Å². The molecular formula is C14H23NO. The summed E-state index contributed by atoms with van der Waals surface area (Å²) in [6, 6.07) is 8.24. The first kappa shape index (κ1) is 13.0. The predicted molar refractivity (Wildman–Crippen MR) is 68.7 cm³/mol. The van der Waals surface area contributed by atoms with Crippen molar-refractivity contribution in [2.45, 2.75) is 27.2 Å². The Morgan fingerprint density at radius 2 is 2.06 bits per heavy atom. The quantitative estimate of drug-likeness (QED) is 0.829. The molecule has 0 amide bonds. The molecule has 2 heteroatoms. The number of hydrogen-bond acceptors (Lipinski definition) is 2. The Morgan fingerprint density at radius 3 is 2.56 bits per heavy atom. The van der Waals surface area contributed by atoms with Gasteiger partial charge in [-0.05, 0) is 42.0 Å². The van der Waals surface area contributed by atoms with Gasteiger partial charge < -0.3 is 10.5 Å². The third-order valence-corrected chi connectivity index (χ3v) is 3.60. The molecule has 2 nitrogen and oxygen atoms in total. The molecule has 0 saturated carbocycles. The molecule has 0 spiro atoms. The van der Waals surface area contributed by atoms with Crippen LogP contribution in [0.2, 0.25) is 0 Å². The fraction of sp³-hybridized carbons (Fsp3) is 0.571. The van der Waals surface area contributed by atoms with E-state index < -0.39 is 0 Å². The van der Waals surface area contributed by atoms with Gasteiger partial charge >= 0.3 is 0 Å². The van der Waals surface area contributed by atoms with E-state index in [-0.39, 0.29) is 5.41 Å². The number of methoxy groups -OCH3 is 1. The summed E-state index contributed by atoms with van der Waals surface area (Å²) in [4.78, 5) is 0. The molecule has 0 aliphatic rings. The Morgan fingerprint density at radius 1 is 1.38 bits per heavy atom. The SMILES string of the molecule is COc1cccc(CC(C)(CN)C(C)C)c1. The molecule has 0 heterocycles. The van der Waals surface area contributed by atoms with Gasteiger partial charge in [0.05, 0.1) is 7.11 Å². The molecule has 1 atom stereocenters. The molecule has 0 saturated heterocycles. The van der Waals surface area contributed by atoms with Crippen LogP contribution >= 0.6 is 0 Å². The lowest BCUT2D eigenvalue weighted by Crippen LogP contribution is -2.34. The van der Waals surface area contributed by atoms with Gasteiger partial charge in [0.25, 0.3) is 0 Å². The molecule has 90 valence electrons. The van der Waals surface area contributed by atoms with Gasteiger partial charge in [0.2, 0.25) is 0 Å². The summed E-state index contributed by atoms with van der Waals surface area (Å²) >= 11 is 0. The summed E-state index contributed by atoms with van der Waals surface area (Å²) < 4.78 is 5.23. The zero-order valence-electron chi connectivity index (χ0n) is 10.8. The molecule has 1 unspecified atom stereocenters. The second-order valence-corrected chi connectivity index (χ2v) is 5.04. The first-order valence-electron chi connectivity index (χ1n) is 5.85. The van der Waals surface area contributed by atoms with E-state index in [0.29, 0.717) is 12.5 Å². The highest BCUT2D eigenvalue weighted by atomic mass is 16.5. The lowest BCUT2D eigenvalue weighted by atomic mass is 9.74.